The predicted octanol–water partition coefficient (Wildman–Crippen LogP) is 5.87. The van der Waals surface area contributed by atoms with Gasteiger partial charge < -0.3 is 5.32 Å². The highest BCUT2D eigenvalue weighted by Crippen LogP contribution is 2.31. The van der Waals surface area contributed by atoms with Crippen molar-refractivity contribution >= 4 is 64.2 Å². The maximum Gasteiger partial charge on any atom is 0.188 e. The van der Waals surface area contributed by atoms with Crippen LogP contribution in [0.5, 0.6) is 0 Å². The Morgan fingerprint density at radius 3 is 2.58 bits per heavy atom. The molecule has 19 heavy (non-hydrogen) atoms. The van der Waals surface area contributed by atoms with Crippen molar-refractivity contribution in [2.45, 2.75) is 6.92 Å². The molecule has 0 bridgehead atoms. The van der Waals surface area contributed by atoms with Crippen molar-refractivity contribution in [3.8, 4) is 0 Å². The number of fused-ring (bicyclic) bond motifs is 1. The van der Waals surface area contributed by atoms with E-state index < -0.39 is 0 Å². The Balaban J connectivity index is 1.96. The lowest BCUT2D eigenvalue weighted by Crippen LogP contribution is -1.91. The number of halogens is 2. The lowest BCUT2D eigenvalue weighted by atomic mass is 10.2. The quantitative estimate of drug-likeness (QED) is 0.584. The first-order chi connectivity index (χ1) is 9.11. The average Bonchev–Trinajstić information content (AvgIpc) is 2.74. The lowest BCUT2D eigenvalue weighted by Gasteiger charge is -2.06. The molecule has 2 aromatic carbocycles. The minimum atomic E-state index is 0.915. The summed E-state index contributed by atoms with van der Waals surface area (Å²) in [6.45, 7) is 2.08. The van der Waals surface area contributed by atoms with E-state index in [2.05, 4.69) is 67.3 Å². The van der Waals surface area contributed by atoms with Crippen molar-refractivity contribution in [2.24, 2.45) is 0 Å². The zero-order chi connectivity index (χ0) is 13.4. The molecule has 2 nitrogen and oxygen atoms in total. The highest BCUT2D eigenvalue weighted by molar-refractivity contribution is 9.10. The molecule has 0 atom stereocenters. The van der Waals surface area contributed by atoms with Gasteiger partial charge in [-0.3, -0.25) is 0 Å². The topological polar surface area (TPSA) is 24.9 Å². The molecule has 0 saturated carbocycles. The third kappa shape index (κ3) is 2.83. The number of rotatable bonds is 2. The average molecular weight is 398 g/mol. The molecule has 1 heterocycles. The smallest absolute Gasteiger partial charge is 0.188 e. The van der Waals surface area contributed by atoms with Gasteiger partial charge in [-0.15, -0.1) is 0 Å². The van der Waals surface area contributed by atoms with Gasteiger partial charge in [-0.2, -0.15) is 0 Å². The number of benzene rings is 2. The van der Waals surface area contributed by atoms with Crippen LogP contribution in [-0.4, -0.2) is 4.98 Å². The summed E-state index contributed by atoms with van der Waals surface area (Å²) in [5.41, 5.74) is 3.29. The fourth-order valence-electron chi connectivity index (χ4n) is 1.83. The monoisotopic (exact) mass is 396 g/mol. The normalized spacial score (nSPS) is 10.9. The molecule has 0 radical (unpaired) electrons. The van der Waals surface area contributed by atoms with Crippen molar-refractivity contribution in [3.63, 3.8) is 0 Å². The molecule has 1 N–H and O–H groups in total. The second-order valence-electron chi connectivity index (χ2n) is 4.22. The van der Waals surface area contributed by atoms with Crippen LogP contribution in [0.2, 0.25) is 0 Å². The number of nitrogens with one attached hydrogen (secondary N) is 1. The summed E-state index contributed by atoms with van der Waals surface area (Å²) in [4.78, 5) is 4.59. The van der Waals surface area contributed by atoms with Gasteiger partial charge in [0.05, 0.1) is 10.2 Å². The Labute approximate surface area is 132 Å². The second kappa shape index (κ2) is 5.23. The lowest BCUT2D eigenvalue weighted by molar-refractivity contribution is 1.39. The molecule has 0 unspecified atom stereocenters. The van der Waals surface area contributed by atoms with Crippen LogP contribution in [0.25, 0.3) is 10.2 Å². The minimum absolute atomic E-state index is 0.915. The summed E-state index contributed by atoms with van der Waals surface area (Å²) in [6.07, 6.45) is 0. The van der Waals surface area contributed by atoms with Gasteiger partial charge in [0.15, 0.2) is 5.13 Å². The van der Waals surface area contributed by atoms with E-state index in [1.54, 1.807) is 11.3 Å². The summed E-state index contributed by atoms with van der Waals surface area (Å²) in [5, 5.41) is 4.29. The number of nitrogens with zero attached hydrogens (tertiary/aromatic N) is 1. The Morgan fingerprint density at radius 1 is 1.05 bits per heavy atom. The van der Waals surface area contributed by atoms with Crippen molar-refractivity contribution in [1.82, 2.24) is 4.98 Å². The van der Waals surface area contributed by atoms with Crippen LogP contribution in [0.1, 0.15) is 5.56 Å². The van der Waals surface area contributed by atoms with E-state index in [-0.39, 0.29) is 0 Å². The van der Waals surface area contributed by atoms with E-state index in [4.69, 9.17) is 0 Å². The van der Waals surface area contributed by atoms with Gasteiger partial charge in [-0.05, 0) is 48.9 Å². The van der Waals surface area contributed by atoms with Crippen LogP contribution in [0.4, 0.5) is 10.8 Å². The Bertz CT molecular complexity index is 752. The van der Waals surface area contributed by atoms with E-state index in [0.717, 1.165) is 25.3 Å². The number of anilines is 2. The first-order valence-electron chi connectivity index (χ1n) is 5.71. The number of hydrogen-bond acceptors (Lipinski definition) is 3. The maximum absolute atomic E-state index is 4.59. The second-order valence-corrected chi connectivity index (χ2v) is 7.08. The van der Waals surface area contributed by atoms with Crippen LogP contribution in [0, 0.1) is 6.92 Å². The molecular formula is C14H10Br2N2S. The molecular weight excluding hydrogens is 388 g/mol. The first kappa shape index (κ1) is 13.1. The molecule has 1 aromatic heterocycles. The van der Waals surface area contributed by atoms with Crippen LogP contribution >= 0.6 is 43.2 Å². The molecule has 0 spiro atoms. The number of thiazole rings is 1. The highest BCUT2D eigenvalue weighted by Gasteiger charge is 2.06. The minimum Gasteiger partial charge on any atom is -0.331 e. The maximum atomic E-state index is 4.59. The number of aromatic nitrogens is 1. The van der Waals surface area contributed by atoms with Gasteiger partial charge >= 0.3 is 0 Å². The molecule has 0 aliphatic rings. The van der Waals surface area contributed by atoms with Gasteiger partial charge in [0.1, 0.15) is 0 Å². The summed E-state index contributed by atoms with van der Waals surface area (Å²) in [5.74, 6) is 0. The van der Waals surface area contributed by atoms with E-state index in [0.29, 0.717) is 0 Å². The molecule has 0 aliphatic carbocycles. The molecule has 5 heteroatoms. The van der Waals surface area contributed by atoms with Gasteiger partial charge in [-0.1, -0.05) is 43.2 Å². The van der Waals surface area contributed by atoms with Gasteiger partial charge in [0.25, 0.3) is 0 Å². The van der Waals surface area contributed by atoms with E-state index in [1.165, 1.54) is 10.3 Å². The summed E-state index contributed by atoms with van der Waals surface area (Å²) >= 11 is 8.61. The Hall–Kier alpha value is -0.910. The van der Waals surface area contributed by atoms with Crippen molar-refractivity contribution in [1.29, 1.82) is 0 Å². The van der Waals surface area contributed by atoms with E-state index in [1.807, 2.05) is 18.2 Å². The third-order valence-corrected chi connectivity index (χ3v) is 4.70. The molecule has 0 saturated heterocycles. The fourth-order valence-corrected chi connectivity index (χ4v) is 3.74. The molecule has 3 rings (SSSR count). The Kier molecular flexibility index (Phi) is 3.60. The standard InChI is InChI=1S/C14H10Br2N2S/c1-8-6-9(15)2-4-11(8)17-14-18-12-5-3-10(16)7-13(12)19-14/h2-7H,1H3,(H,17,18). The summed E-state index contributed by atoms with van der Waals surface area (Å²) in [7, 11) is 0. The van der Waals surface area contributed by atoms with Crippen LogP contribution in [0.3, 0.4) is 0 Å². The van der Waals surface area contributed by atoms with Crippen molar-refractivity contribution < 1.29 is 0 Å². The highest BCUT2D eigenvalue weighted by atomic mass is 79.9. The zero-order valence-corrected chi connectivity index (χ0v) is 14.1. The molecule has 0 amide bonds. The third-order valence-electron chi connectivity index (χ3n) is 2.78. The van der Waals surface area contributed by atoms with Crippen LogP contribution < -0.4 is 5.32 Å². The molecule has 0 aliphatic heterocycles. The predicted molar refractivity (Wildman–Crippen MR) is 89.5 cm³/mol. The number of aryl methyl sites for hydroxylation is 1. The SMILES string of the molecule is Cc1cc(Br)ccc1Nc1nc2ccc(Br)cc2s1. The van der Waals surface area contributed by atoms with E-state index in [9.17, 15) is 0 Å². The summed E-state index contributed by atoms with van der Waals surface area (Å²) < 4.78 is 3.34. The van der Waals surface area contributed by atoms with Gasteiger partial charge in [0, 0.05) is 14.6 Å². The zero-order valence-electron chi connectivity index (χ0n) is 10.1. The van der Waals surface area contributed by atoms with Gasteiger partial charge in [-0.25, -0.2) is 4.98 Å². The molecule has 96 valence electrons. The van der Waals surface area contributed by atoms with E-state index >= 15 is 0 Å². The van der Waals surface area contributed by atoms with Crippen LogP contribution in [0.15, 0.2) is 45.3 Å². The number of hydrogen-bond donors (Lipinski definition) is 1. The molecule has 0 fully saturated rings. The largest absolute Gasteiger partial charge is 0.331 e. The van der Waals surface area contributed by atoms with Crippen LogP contribution in [-0.2, 0) is 0 Å². The molecule has 3 aromatic rings. The van der Waals surface area contributed by atoms with Crippen molar-refractivity contribution in [2.75, 3.05) is 5.32 Å². The first-order valence-corrected chi connectivity index (χ1v) is 8.11. The van der Waals surface area contributed by atoms with Crippen molar-refractivity contribution in [3.05, 3.63) is 50.9 Å². The Morgan fingerprint density at radius 2 is 1.79 bits per heavy atom. The van der Waals surface area contributed by atoms with Gasteiger partial charge in [0.2, 0.25) is 0 Å². The fraction of sp³-hybridized carbons (Fsp3) is 0.0714. The summed E-state index contributed by atoms with van der Waals surface area (Å²) in [6, 6.07) is 12.3.